The lowest BCUT2D eigenvalue weighted by Gasteiger charge is -2.08. The lowest BCUT2D eigenvalue weighted by molar-refractivity contribution is -0.130. The first-order valence-electron chi connectivity index (χ1n) is 5.32. The van der Waals surface area contributed by atoms with Crippen molar-refractivity contribution in [2.75, 3.05) is 10.5 Å². The van der Waals surface area contributed by atoms with E-state index in [2.05, 4.69) is 11.3 Å². The molecule has 0 aliphatic carbocycles. The fraction of sp³-hybridized carbons (Fsp3) is 0.250. The van der Waals surface area contributed by atoms with Crippen molar-refractivity contribution < 1.29 is 17.9 Å². The molecule has 0 bridgehead atoms. The van der Waals surface area contributed by atoms with Gasteiger partial charge in [0.1, 0.15) is 5.75 Å². The van der Waals surface area contributed by atoms with Gasteiger partial charge in [-0.25, -0.2) is 13.2 Å². The van der Waals surface area contributed by atoms with E-state index in [0.717, 1.165) is 0 Å². The molecule has 0 fully saturated rings. The quantitative estimate of drug-likeness (QED) is 0.503. The minimum absolute atomic E-state index is 0.0250. The van der Waals surface area contributed by atoms with Gasteiger partial charge in [0.25, 0.3) is 0 Å². The van der Waals surface area contributed by atoms with Crippen LogP contribution in [0.1, 0.15) is 13.8 Å². The Hall–Kier alpha value is -1.82. The van der Waals surface area contributed by atoms with Gasteiger partial charge in [-0.3, -0.25) is 4.72 Å². The molecule has 1 aromatic rings. The number of carbonyl (C=O) groups excluding carboxylic acids is 1. The van der Waals surface area contributed by atoms with Crippen molar-refractivity contribution in [3.8, 4) is 5.75 Å². The van der Waals surface area contributed by atoms with Gasteiger partial charge in [-0.1, -0.05) is 12.6 Å². The first-order chi connectivity index (χ1) is 8.34. The lowest BCUT2D eigenvalue weighted by atomic mass is 10.3. The summed E-state index contributed by atoms with van der Waals surface area (Å²) < 4.78 is 30.1. The van der Waals surface area contributed by atoms with E-state index in [1.807, 2.05) is 0 Å². The lowest BCUT2D eigenvalue weighted by Crippen LogP contribution is -2.14. The van der Waals surface area contributed by atoms with Gasteiger partial charge in [0.15, 0.2) is 0 Å². The molecule has 0 amide bonds. The van der Waals surface area contributed by atoms with Crippen molar-refractivity contribution >= 4 is 21.7 Å². The second-order valence-corrected chi connectivity index (χ2v) is 5.71. The first kappa shape index (κ1) is 14.2. The number of ether oxygens (including phenoxy) is 1. The Bertz CT molecular complexity index is 563. The number of anilines is 1. The molecule has 0 atom stereocenters. The van der Waals surface area contributed by atoms with E-state index in [1.165, 1.54) is 19.9 Å². The van der Waals surface area contributed by atoms with Crippen molar-refractivity contribution in [2.45, 2.75) is 13.8 Å². The molecule has 5 nitrogen and oxygen atoms in total. The highest BCUT2D eigenvalue weighted by molar-refractivity contribution is 7.92. The summed E-state index contributed by atoms with van der Waals surface area (Å²) in [5.74, 6) is -0.312. The summed E-state index contributed by atoms with van der Waals surface area (Å²) in [5.41, 5.74) is 0.624. The monoisotopic (exact) mass is 269 g/mol. The van der Waals surface area contributed by atoms with Gasteiger partial charge in [-0.05, 0) is 26.0 Å². The van der Waals surface area contributed by atoms with Crippen molar-refractivity contribution in [2.24, 2.45) is 0 Å². The zero-order valence-electron chi connectivity index (χ0n) is 10.3. The standard InChI is InChI=1S/C12H15NO4S/c1-4-18(15,16)13-10-6-5-7-11(8-10)17-12(14)9(2)3/h5-8,13H,2,4H2,1,3H3. The number of benzene rings is 1. The van der Waals surface area contributed by atoms with Crippen molar-refractivity contribution in [1.82, 2.24) is 0 Å². The molecule has 0 saturated heterocycles. The molecule has 0 aliphatic rings. The van der Waals surface area contributed by atoms with Crippen molar-refractivity contribution in [3.63, 3.8) is 0 Å². The highest BCUT2D eigenvalue weighted by Gasteiger charge is 2.09. The topological polar surface area (TPSA) is 72.5 Å². The smallest absolute Gasteiger partial charge is 0.338 e. The summed E-state index contributed by atoms with van der Waals surface area (Å²) in [6.07, 6.45) is 0. The van der Waals surface area contributed by atoms with Crippen LogP contribution in [0.3, 0.4) is 0 Å². The molecule has 0 spiro atoms. The molecule has 0 aromatic heterocycles. The minimum Gasteiger partial charge on any atom is -0.423 e. The molecule has 98 valence electrons. The van der Waals surface area contributed by atoms with E-state index in [4.69, 9.17) is 4.74 Å². The zero-order valence-corrected chi connectivity index (χ0v) is 11.1. The van der Waals surface area contributed by atoms with Crippen LogP contribution in [0.4, 0.5) is 5.69 Å². The Kier molecular flexibility index (Phi) is 4.49. The maximum Gasteiger partial charge on any atom is 0.338 e. The van der Waals surface area contributed by atoms with Gasteiger partial charge < -0.3 is 4.74 Å². The van der Waals surface area contributed by atoms with E-state index in [9.17, 15) is 13.2 Å². The van der Waals surface area contributed by atoms with Crippen LogP contribution >= 0.6 is 0 Å². The Labute approximate surface area is 107 Å². The minimum atomic E-state index is -3.34. The Morgan fingerprint density at radius 3 is 2.67 bits per heavy atom. The van der Waals surface area contributed by atoms with E-state index in [-0.39, 0.29) is 17.1 Å². The normalized spacial score (nSPS) is 10.8. The third kappa shape index (κ3) is 4.21. The molecule has 1 N–H and O–H groups in total. The fourth-order valence-electron chi connectivity index (χ4n) is 1.07. The van der Waals surface area contributed by atoms with Crippen LogP contribution in [0.15, 0.2) is 36.4 Å². The predicted molar refractivity (Wildman–Crippen MR) is 70.0 cm³/mol. The maximum absolute atomic E-state index is 11.4. The fourth-order valence-corrected chi connectivity index (χ4v) is 1.70. The van der Waals surface area contributed by atoms with E-state index >= 15 is 0 Å². The summed E-state index contributed by atoms with van der Waals surface area (Å²) in [4.78, 5) is 11.3. The van der Waals surface area contributed by atoms with Gasteiger partial charge in [-0.15, -0.1) is 0 Å². The molecule has 0 unspecified atom stereocenters. The van der Waals surface area contributed by atoms with Crippen molar-refractivity contribution in [3.05, 3.63) is 36.4 Å². The highest BCUT2D eigenvalue weighted by Crippen LogP contribution is 2.19. The van der Waals surface area contributed by atoms with Gasteiger partial charge in [0.2, 0.25) is 10.0 Å². The third-order valence-electron chi connectivity index (χ3n) is 2.05. The molecule has 0 heterocycles. The molecule has 0 aliphatic heterocycles. The van der Waals surface area contributed by atoms with Crippen LogP contribution < -0.4 is 9.46 Å². The Morgan fingerprint density at radius 1 is 1.44 bits per heavy atom. The van der Waals surface area contributed by atoms with E-state index in [0.29, 0.717) is 5.69 Å². The van der Waals surface area contributed by atoms with Crippen LogP contribution in [-0.4, -0.2) is 20.1 Å². The number of esters is 1. The number of hydrogen-bond acceptors (Lipinski definition) is 4. The van der Waals surface area contributed by atoms with E-state index < -0.39 is 16.0 Å². The molecule has 1 aromatic carbocycles. The zero-order chi connectivity index (χ0) is 13.8. The van der Waals surface area contributed by atoms with Gasteiger partial charge in [0, 0.05) is 11.6 Å². The summed E-state index contributed by atoms with van der Waals surface area (Å²) >= 11 is 0. The SMILES string of the molecule is C=C(C)C(=O)Oc1cccc(NS(=O)(=O)CC)c1. The molecule has 1 rings (SSSR count). The average Bonchev–Trinajstić information content (AvgIpc) is 2.28. The molecule has 0 saturated carbocycles. The molecular formula is C12H15NO4S. The molecule has 18 heavy (non-hydrogen) atoms. The molecule has 0 radical (unpaired) electrons. The number of sulfonamides is 1. The maximum atomic E-state index is 11.4. The summed E-state index contributed by atoms with van der Waals surface area (Å²) in [6.45, 7) is 6.53. The predicted octanol–water partition coefficient (Wildman–Crippen LogP) is 1.93. The van der Waals surface area contributed by atoms with E-state index in [1.54, 1.807) is 18.2 Å². The number of carbonyl (C=O) groups is 1. The van der Waals surface area contributed by atoms with Gasteiger partial charge >= 0.3 is 5.97 Å². The second-order valence-electron chi connectivity index (χ2n) is 3.70. The number of hydrogen-bond donors (Lipinski definition) is 1. The average molecular weight is 269 g/mol. The summed E-state index contributed by atoms with van der Waals surface area (Å²) in [7, 11) is -3.34. The van der Waals surface area contributed by atoms with Crippen LogP contribution in [-0.2, 0) is 14.8 Å². The van der Waals surface area contributed by atoms with Crippen LogP contribution in [0.25, 0.3) is 0 Å². The van der Waals surface area contributed by atoms with Crippen molar-refractivity contribution in [1.29, 1.82) is 0 Å². The third-order valence-corrected chi connectivity index (χ3v) is 3.35. The molecule has 6 heteroatoms. The highest BCUT2D eigenvalue weighted by atomic mass is 32.2. The Balaban J connectivity index is 2.86. The number of nitrogens with one attached hydrogen (secondary N) is 1. The summed E-state index contributed by atoms with van der Waals surface area (Å²) in [5, 5.41) is 0. The van der Waals surface area contributed by atoms with Crippen LogP contribution in [0.2, 0.25) is 0 Å². The largest absolute Gasteiger partial charge is 0.423 e. The van der Waals surface area contributed by atoms with Crippen LogP contribution in [0.5, 0.6) is 5.75 Å². The Morgan fingerprint density at radius 2 is 2.11 bits per heavy atom. The van der Waals surface area contributed by atoms with Gasteiger partial charge in [0.05, 0.1) is 11.4 Å². The second kappa shape index (κ2) is 5.68. The van der Waals surface area contributed by atoms with Crippen LogP contribution in [0, 0.1) is 0 Å². The first-order valence-corrected chi connectivity index (χ1v) is 6.97. The summed E-state index contributed by atoms with van der Waals surface area (Å²) in [6, 6.07) is 6.17. The van der Waals surface area contributed by atoms with Gasteiger partial charge in [-0.2, -0.15) is 0 Å². The molecular weight excluding hydrogens is 254 g/mol. The number of rotatable bonds is 5.